The molecule has 1 heterocycles. The van der Waals surface area contributed by atoms with E-state index in [2.05, 4.69) is 52.5 Å². The van der Waals surface area contributed by atoms with Crippen LogP contribution in [0.4, 0.5) is 5.69 Å². The van der Waals surface area contributed by atoms with Gasteiger partial charge in [-0.05, 0) is 44.0 Å². The Morgan fingerprint density at radius 2 is 1.96 bits per heavy atom. The number of thiocarbonyl (C=S) groups is 1. The molecule has 0 saturated heterocycles. The van der Waals surface area contributed by atoms with Crippen molar-refractivity contribution in [1.29, 1.82) is 0 Å². The molecule has 2 atom stereocenters. The number of hydrazine groups is 1. The predicted octanol–water partition coefficient (Wildman–Crippen LogP) is 2.16. The van der Waals surface area contributed by atoms with Gasteiger partial charge in [0, 0.05) is 19.2 Å². The van der Waals surface area contributed by atoms with E-state index in [1.807, 2.05) is 20.2 Å². The van der Waals surface area contributed by atoms with Gasteiger partial charge in [-0.15, -0.1) is 0 Å². The molecule has 1 aliphatic carbocycles. The maximum absolute atomic E-state index is 12.2. The van der Waals surface area contributed by atoms with E-state index in [1.165, 1.54) is 11.1 Å². The van der Waals surface area contributed by atoms with Gasteiger partial charge in [0.25, 0.3) is 0 Å². The van der Waals surface area contributed by atoms with E-state index in [9.17, 15) is 4.79 Å². The summed E-state index contributed by atoms with van der Waals surface area (Å²) >= 11 is 5.19. The number of benzene rings is 1. The molecule has 0 spiro atoms. The Kier molecular flexibility index (Phi) is 4.53. The molecule has 0 bridgehead atoms. The average Bonchev–Trinajstić information content (AvgIpc) is 3.27. The van der Waals surface area contributed by atoms with Gasteiger partial charge in [0.1, 0.15) is 0 Å². The highest BCUT2D eigenvalue weighted by Gasteiger charge is 2.43. The summed E-state index contributed by atoms with van der Waals surface area (Å²) in [4.78, 5) is 12.2. The molecule has 24 heavy (non-hydrogen) atoms. The lowest BCUT2D eigenvalue weighted by molar-refractivity contribution is -0.122. The molecule has 7 heteroatoms. The molecule has 1 saturated carbocycles. The summed E-state index contributed by atoms with van der Waals surface area (Å²) in [5, 5.41) is 7.58. The number of amides is 1. The van der Waals surface area contributed by atoms with Gasteiger partial charge < -0.3 is 5.32 Å². The molecule has 3 rings (SSSR count). The minimum absolute atomic E-state index is 0.00290. The van der Waals surface area contributed by atoms with Crippen molar-refractivity contribution in [3.8, 4) is 0 Å². The van der Waals surface area contributed by atoms with Gasteiger partial charge in [0.05, 0.1) is 11.4 Å². The van der Waals surface area contributed by atoms with Crippen LogP contribution in [0.25, 0.3) is 0 Å². The summed E-state index contributed by atoms with van der Waals surface area (Å²) in [6.07, 6.45) is 2.71. The second-order valence-electron chi connectivity index (χ2n) is 6.23. The third kappa shape index (κ3) is 3.73. The van der Waals surface area contributed by atoms with Gasteiger partial charge in [-0.1, -0.05) is 29.8 Å². The number of nitrogens with zero attached hydrogens (tertiary/aromatic N) is 2. The Balaban J connectivity index is 1.47. The molecule has 1 aromatic heterocycles. The molecule has 3 N–H and O–H groups in total. The molecule has 1 amide bonds. The van der Waals surface area contributed by atoms with Crippen molar-refractivity contribution >= 4 is 28.9 Å². The summed E-state index contributed by atoms with van der Waals surface area (Å²) in [5.41, 5.74) is 9.53. The number of carbonyl (C=O) groups excluding carboxylic acids is 1. The average molecular weight is 343 g/mol. The van der Waals surface area contributed by atoms with Crippen molar-refractivity contribution in [1.82, 2.24) is 20.6 Å². The van der Waals surface area contributed by atoms with Crippen molar-refractivity contribution in [2.45, 2.75) is 26.2 Å². The van der Waals surface area contributed by atoms with Gasteiger partial charge in [-0.3, -0.25) is 20.3 Å². The van der Waals surface area contributed by atoms with Gasteiger partial charge in [0.15, 0.2) is 5.11 Å². The van der Waals surface area contributed by atoms with Crippen LogP contribution in [0.2, 0.25) is 0 Å². The van der Waals surface area contributed by atoms with E-state index in [0.717, 1.165) is 17.8 Å². The molecule has 2 aromatic rings. The molecule has 6 nitrogen and oxygen atoms in total. The van der Waals surface area contributed by atoms with E-state index in [1.54, 1.807) is 4.68 Å². The standard InChI is InChI=1S/C17H21N5OS/c1-10-4-6-12(7-5-10)13-8-14(13)16(23)19-20-17(24)18-15-9-22(3)21-11(15)2/h4-7,9,13-14H,8H2,1-3H3,(H,19,23)(H2,18,20,24). The van der Waals surface area contributed by atoms with E-state index in [-0.39, 0.29) is 11.8 Å². The van der Waals surface area contributed by atoms with Crippen LogP contribution in [-0.2, 0) is 11.8 Å². The third-order valence-electron chi connectivity index (χ3n) is 4.19. The third-order valence-corrected chi connectivity index (χ3v) is 4.40. The summed E-state index contributed by atoms with van der Waals surface area (Å²) in [7, 11) is 1.84. The first-order valence-electron chi connectivity index (χ1n) is 7.87. The molecule has 0 radical (unpaired) electrons. The van der Waals surface area contributed by atoms with Crippen molar-refractivity contribution in [3.63, 3.8) is 0 Å². The maximum Gasteiger partial charge on any atom is 0.242 e. The number of hydrogen-bond acceptors (Lipinski definition) is 3. The Bertz CT molecular complexity index is 768. The van der Waals surface area contributed by atoms with E-state index < -0.39 is 0 Å². The van der Waals surface area contributed by atoms with Crippen molar-refractivity contribution < 1.29 is 4.79 Å². The van der Waals surface area contributed by atoms with Gasteiger partial charge in [-0.2, -0.15) is 5.10 Å². The highest BCUT2D eigenvalue weighted by atomic mass is 32.1. The largest absolute Gasteiger partial charge is 0.329 e. The second-order valence-corrected chi connectivity index (χ2v) is 6.64. The fourth-order valence-electron chi connectivity index (χ4n) is 2.75. The molecular formula is C17H21N5OS. The Morgan fingerprint density at radius 1 is 1.25 bits per heavy atom. The number of rotatable bonds is 3. The van der Waals surface area contributed by atoms with Gasteiger partial charge in [0.2, 0.25) is 5.91 Å². The smallest absolute Gasteiger partial charge is 0.242 e. The van der Waals surface area contributed by atoms with Crippen LogP contribution in [0, 0.1) is 19.8 Å². The molecule has 126 valence electrons. The maximum atomic E-state index is 12.2. The molecule has 2 unspecified atom stereocenters. The monoisotopic (exact) mass is 343 g/mol. The van der Waals surface area contributed by atoms with E-state index in [0.29, 0.717) is 11.0 Å². The zero-order valence-corrected chi connectivity index (χ0v) is 14.8. The van der Waals surface area contributed by atoms with Crippen LogP contribution in [-0.4, -0.2) is 20.8 Å². The second kappa shape index (κ2) is 6.60. The summed E-state index contributed by atoms with van der Waals surface area (Å²) < 4.78 is 1.70. The number of carbonyl (C=O) groups is 1. The van der Waals surface area contributed by atoms with Crippen LogP contribution in [0.3, 0.4) is 0 Å². The quantitative estimate of drug-likeness (QED) is 0.588. The van der Waals surface area contributed by atoms with Crippen LogP contribution >= 0.6 is 12.2 Å². The molecule has 1 fully saturated rings. The fraction of sp³-hybridized carbons (Fsp3) is 0.353. The summed E-state index contributed by atoms with van der Waals surface area (Å²) in [6.45, 7) is 3.95. The first-order valence-corrected chi connectivity index (χ1v) is 8.28. The van der Waals surface area contributed by atoms with E-state index >= 15 is 0 Å². The van der Waals surface area contributed by atoms with Crippen molar-refractivity contribution in [2.24, 2.45) is 13.0 Å². The van der Waals surface area contributed by atoms with E-state index in [4.69, 9.17) is 12.2 Å². The lowest BCUT2D eigenvalue weighted by Crippen LogP contribution is -2.44. The minimum atomic E-state index is -0.0346. The molecule has 0 aliphatic heterocycles. The van der Waals surface area contributed by atoms with Crippen molar-refractivity contribution in [2.75, 3.05) is 5.32 Å². The normalized spacial score (nSPS) is 18.8. The Hall–Kier alpha value is -2.41. The number of anilines is 1. The Morgan fingerprint density at radius 3 is 2.58 bits per heavy atom. The van der Waals surface area contributed by atoms with Crippen molar-refractivity contribution in [3.05, 3.63) is 47.3 Å². The van der Waals surface area contributed by atoms with Crippen LogP contribution < -0.4 is 16.2 Å². The number of nitrogens with one attached hydrogen (secondary N) is 3. The topological polar surface area (TPSA) is 71.0 Å². The fourth-order valence-corrected chi connectivity index (χ4v) is 2.91. The first kappa shape index (κ1) is 16.4. The lowest BCUT2D eigenvalue weighted by Gasteiger charge is -2.11. The predicted molar refractivity (Wildman–Crippen MR) is 97.5 cm³/mol. The number of aromatic nitrogens is 2. The molecular weight excluding hydrogens is 322 g/mol. The summed E-state index contributed by atoms with van der Waals surface area (Å²) in [5.74, 6) is 0.269. The minimum Gasteiger partial charge on any atom is -0.329 e. The van der Waals surface area contributed by atoms with Crippen LogP contribution in [0.1, 0.15) is 29.2 Å². The zero-order chi connectivity index (χ0) is 17.3. The van der Waals surface area contributed by atoms with Gasteiger partial charge >= 0.3 is 0 Å². The molecule has 1 aromatic carbocycles. The lowest BCUT2D eigenvalue weighted by atomic mass is 10.1. The number of aryl methyl sites for hydroxylation is 3. The van der Waals surface area contributed by atoms with Crippen LogP contribution in [0.15, 0.2) is 30.5 Å². The highest BCUT2D eigenvalue weighted by Crippen LogP contribution is 2.47. The zero-order valence-electron chi connectivity index (χ0n) is 14.0. The first-order chi connectivity index (χ1) is 11.4. The summed E-state index contributed by atoms with van der Waals surface area (Å²) in [6, 6.07) is 8.35. The Labute approximate surface area is 146 Å². The SMILES string of the molecule is Cc1ccc(C2CC2C(=O)NNC(=S)Nc2cn(C)nc2C)cc1. The highest BCUT2D eigenvalue weighted by molar-refractivity contribution is 7.80. The molecule has 1 aliphatic rings. The van der Waals surface area contributed by atoms with Gasteiger partial charge in [-0.25, -0.2) is 0 Å². The number of hydrogen-bond donors (Lipinski definition) is 3. The van der Waals surface area contributed by atoms with Crippen LogP contribution in [0.5, 0.6) is 0 Å².